The summed E-state index contributed by atoms with van der Waals surface area (Å²) in [5.41, 5.74) is 0.255. The van der Waals surface area contributed by atoms with Crippen LogP contribution in [0.5, 0.6) is 11.5 Å². The van der Waals surface area contributed by atoms with Gasteiger partial charge in [0.25, 0.3) is 11.1 Å². The highest BCUT2D eigenvalue weighted by molar-refractivity contribution is 8.18. The first-order valence-corrected chi connectivity index (χ1v) is 9.37. The van der Waals surface area contributed by atoms with Crippen molar-refractivity contribution in [1.82, 2.24) is 4.90 Å². The van der Waals surface area contributed by atoms with E-state index in [0.29, 0.717) is 34.9 Å². The van der Waals surface area contributed by atoms with E-state index in [0.717, 1.165) is 17.0 Å². The second-order valence-corrected chi connectivity index (χ2v) is 7.02. The molecule has 1 heterocycles. The van der Waals surface area contributed by atoms with Crippen LogP contribution in [0.4, 0.5) is 19.3 Å². The molecule has 0 bridgehead atoms. The van der Waals surface area contributed by atoms with Gasteiger partial charge in [0.15, 0.2) is 11.5 Å². The number of halogens is 2. The molecule has 2 aromatic carbocycles. The van der Waals surface area contributed by atoms with Crippen LogP contribution in [0.2, 0.25) is 0 Å². The first kappa shape index (κ1) is 21.3. The monoisotopic (exact) mass is 434 g/mol. The first-order valence-electron chi connectivity index (χ1n) is 8.55. The van der Waals surface area contributed by atoms with Crippen LogP contribution < -0.4 is 14.8 Å². The average molecular weight is 434 g/mol. The lowest BCUT2D eigenvalue weighted by atomic mass is 10.1. The third-order valence-electron chi connectivity index (χ3n) is 4.10. The van der Waals surface area contributed by atoms with E-state index in [1.54, 1.807) is 18.2 Å². The highest BCUT2D eigenvalue weighted by Gasteiger charge is 2.36. The number of thioether (sulfide) groups is 1. The molecule has 30 heavy (non-hydrogen) atoms. The van der Waals surface area contributed by atoms with Crippen LogP contribution in [-0.4, -0.2) is 42.7 Å². The highest BCUT2D eigenvalue weighted by Crippen LogP contribution is 2.37. The molecular formula is C20H16F2N2O5S. The van der Waals surface area contributed by atoms with Crippen molar-refractivity contribution < 1.29 is 32.6 Å². The van der Waals surface area contributed by atoms with Crippen molar-refractivity contribution in [3.63, 3.8) is 0 Å². The summed E-state index contributed by atoms with van der Waals surface area (Å²) in [5.74, 6) is -2.41. The number of anilines is 1. The summed E-state index contributed by atoms with van der Waals surface area (Å²) in [4.78, 5) is 37.8. The number of hydrogen-bond acceptors (Lipinski definition) is 6. The Kier molecular flexibility index (Phi) is 6.36. The maximum Gasteiger partial charge on any atom is 0.294 e. The Hall–Kier alpha value is -3.40. The van der Waals surface area contributed by atoms with E-state index < -0.39 is 35.2 Å². The number of rotatable bonds is 6. The minimum absolute atomic E-state index is 0.0901. The molecule has 0 radical (unpaired) electrons. The van der Waals surface area contributed by atoms with E-state index in [-0.39, 0.29) is 10.6 Å². The lowest BCUT2D eigenvalue weighted by Gasteiger charge is -2.13. The average Bonchev–Trinajstić information content (AvgIpc) is 2.97. The Bertz CT molecular complexity index is 1060. The number of carbonyl (C=O) groups is 3. The predicted octanol–water partition coefficient (Wildman–Crippen LogP) is 3.66. The smallest absolute Gasteiger partial charge is 0.294 e. The van der Waals surface area contributed by atoms with Crippen LogP contribution >= 0.6 is 11.8 Å². The molecule has 0 spiro atoms. The summed E-state index contributed by atoms with van der Waals surface area (Å²) in [6.07, 6.45) is 1.46. The molecule has 0 atom stereocenters. The number of nitrogens with zero attached hydrogens (tertiary/aromatic N) is 1. The quantitative estimate of drug-likeness (QED) is 0.699. The second kappa shape index (κ2) is 8.95. The zero-order valence-corrected chi connectivity index (χ0v) is 16.7. The van der Waals surface area contributed by atoms with Gasteiger partial charge in [-0.2, -0.15) is 0 Å². The number of methoxy groups -OCH3 is 2. The third-order valence-corrected chi connectivity index (χ3v) is 5.01. The molecule has 1 fully saturated rings. The molecular weight excluding hydrogens is 418 g/mol. The molecule has 156 valence electrons. The summed E-state index contributed by atoms with van der Waals surface area (Å²) in [5, 5.41) is 1.56. The number of nitrogens with one attached hydrogen (secondary N) is 1. The summed E-state index contributed by atoms with van der Waals surface area (Å²) < 4.78 is 37.1. The summed E-state index contributed by atoms with van der Waals surface area (Å²) in [6, 6.07) is 7.69. The van der Waals surface area contributed by atoms with E-state index in [4.69, 9.17) is 9.47 Å². The van der Waals surface area contributed by atoms with Crippen LogP contribution in [0.15, 0.2) is 41.3 Å². The molecule has 2 aromatic rings. The van der Waals surface area contributed by atoms with Crippen molar-refractivity contribution in [2.75, 3.05) is 26.1 Å². The number of benzene rings is 2. The molecule has 1 aliphatic heterocycles. The number of hydrogen-bond donors (Lipinski definition) is 1. The fraction of sp³-hybridized carbons (Fsp3) is 0.150. The molecule has 3 amide bonds. The minimum Gasteiger partial charge on any atom is -0.493 e. The first-order chi connectivity index (χ1) is 14.3. The van der Waals surface area contributed by atoms with Crippen molar-refractivity contribution in [3.8, 4) is 11.5 Å². The van der Waals surface area contributed by atoms with Crippen molar-refractivity contribution in [3.05, 3.63) is 58.5 Å². The van der Waals surface area contributed by atoms with Crippen molar-refractivity contribution in [1.29, 1.82) is 0 Å². The van der Waals surface area contributed by atoms with Gasteiger partial charge >= 0.3 is 0 Å². The maximum absolute atomic E-state index is 13.7. The lowest BCUT2D eigenvalue weighted by molar-refractivity contribution is -0.127. The zero-order valence-electron chi connectivity index (χ0n) is 15.9. The van der Waals surface area contributed by atoms with E-state index in [1.165, 1.54) is 20.3 Å². The van der Waals surface area contributed by atoms with Gasteiger partial charge in [0.05, 0.1) is 24.8 Å². The number of amides is 3. The second-order valence-electron chi connectivity index (χ2n) is 6.02. The highest BCUT2D eigenvalue weighted by atomic mass is 32.2. The van der Waals surface area contributed by atoms with E-state index in [2.05, 4.69) is 5.32 Å². The van der Waals surface area contributed by atoms with Gasteiger partial charge in [-0.3, -0.25) is 19.3 Å². The molecule has 1 N–H and O–H groups in total. The Morgan fingerprint density at radius 3 is 2.60 bits per heavy atom. The van der Waals surface area contributed by atoms with Crippen LogP contribution in [0.3, 0.4) is 0 Å². The molecule has 0 unspecified atom stereocenters. The van der Waals surface area contributed by atoms with Crippen molar-refractivity contribution in [2.45, 2.75) is 0 Å². The topological polar surface area (TPSA) is 84.9 Å². The third kappa shape index (κ3) is 4.43. The van der Waals surface area contributed by atoms with Crippen LogP contribution in [0.1, 0.15) is 5.56 Å². The largest absolute Gasteiger partial charge is 0.493 e. The fourth-order valence-corrected chi connectivity index (χ4v) is 3.56. The summed E-state index contributed by atoms with van der Waals surface area (Å²) in [6.45, 7) is -0.617. The van der Waals surface area contributed by atoms with E-state index in [1.807, 2.05) is 0 Å². The van der Waals surface area contributed by atoms with Crippen LogP contribution in [0, 0.1) is 11.6 Å². The molecule has 10 heteroatoms. The predicted molar refractivity (Wildman–Crippen MR) is 107 cm³/mol. The van der Waals surface area contributed by atoms with Gasteiger partial charge < -0.3 is 14.8 Å². The molecule has 1 saturated heterocycles. The van der Waals surface area contributed by atoms with Gasteiger partial charge in [-0.15, -0.1) is 0 Å². The maximum atomic E-state index is 13.7. The molecule has 0 aliphatic carbocycles. The van der Waals surface area contributed by atoms with Gasteiger partial charge in [0, 0.05) is 11.6 Å². The van der Waals surface area contributed by atoms with Crippen molar-refractivity contribution in [2.24, 2.45) is 0 Å². The summed E-state index contributed by atoms with van der Waals surface area (Å²) in [7, 11) is 2.91. The van der Waals surface area contributed by atoms with Gasteiger partial charge in [0.1, 0.15) is 18.2 Å². The molecule has 3 rings (SSSR count). The van der Waals surface area contributed by atoms with Gasteiger partial charge in [-0.1, -0.05) is 12.1 Å². The Labute approximate surface area is 174 Å². The SMILES string of the molecule is COc1cccc(/C=C2/SC(=O)N(CC(=O)Nc3ccc(F)cc3F)C2=O)c1OC. The number of ether oxygens (including phenoxy) is 2. The zero-order chi connectivity index (χ0) is 21.8. The normalized spacial score (nSPS) is 14.9. The lowest BCUT2D eigenvalue weighted by Crippen LogP contribution is -2.36. The standard InChI is InChI=1S/C20H16F2N2O5S/c1-28-15-5-3-4-11(18(15)29-2)8-16-19(26)24(20(27)30-16)10-17(25)23-14-7-6-12(21)9-13(14)22/h3-9H,10H2,1-2H3,(H,23,25)/b16-8+. The molecule has 0 aromatic heterocycles. The van der Waals surface area contributed by atoms with E-state index >= 15 is 0 Å². The molecule has 7 nitrogen and oxygen atoms in total. The number of carbonyl (C=O) groups excluding carboxylic acids is 3. The van der Waals surface area contributed by atoms with Crippen LogP contribution in [0.25, 0.3) is 6.08 Å². The Morgan fingerprint density at radius 1 is 1.17 bits per heavy atom. The molecule has 0 saturated carbocycles. The van der Waals surface area contributed by atoms with Crippen molar-refractivity contribution >= 4 is 40.6 Å². The van der Waals surface area contributed by atoms with Gasteiger partial charge in [-0.05, 0) is 36.0 Å². The van der Waals surface area contributed by atoms with E-state index in [9.17, 15) is 23.2 Å². The number of imide groups is 1. The minimum atomic E-state index is -0.970. The molecule has 1 aliphatic rings. The Morgan fingerprint density at radius 2 is 1.93 bits per heavy atom. The fourth-order valence-electron chi connectivity index (χ4n) is 2.73. The van der Waals surface area contributed by atoms with Crippen LogP contribution in [-0.2, 0) is 9.59 Å². The number of para-hydroxylation sites is 1. The Balaban J connectivity index is 1.76. The van der Waals surface area contributed by atoms with Gasteiger partial charge in [-0.25, -0.2) is 8.78 Å². The van der Waals surface area contributed by atoms with Gasteiger partial charge in [0.2, 0.25) is 5.91 Å². The summed E-state index contributed by atoms with van der Waals surface area (Å²) >= 11 is 0.661.